The molecule has 0 aliphatic rings. The Labute approximate surface area is 75.0 Å². The normalized spacial score (nSPS) is 10.6. The highest BCUT2D eigenvalue weighted by Crippen LogP contribution is 2.12. The maximum absolute atomic E-state index is 13.0. The molecule has 0 heterocycles. The molecular formula is C8H8ClFN2. The summed E-state index contributed by atoms with van der Waals surface area (Å²) >= 11 is 5.55. The molecule has 1 aromatic rings. The van der Waals surface area contributed by atoms with Crippen LogP contribution in [0.3, 0.4) is 0 Å². The van der Waals surface area contributed by atoms with Crippen molar-refractivity contribution >= 4 is 17.8 Å². The molecule has 1 rings (SSSR count). The van der Waals surface area contributed by atoms with Gasteiger partial charge in [-0.2, -0.15) is 5.10 Å². The average molecular weight is 187 g/mol. The minimum atomic E-state index is -0.374. The zero-order valence-corrected chi connectivity index (χ0v) is 7.27. The molecule has 2 nitrogen and oxygen atoms in total. The third-order valence-electron chi connectivity index (χ3n) is 1.30. The van der Waals surface area contributed by atoms with Gasteiger partial charge in [0, 0.05) is 17.6 Å². The van der Waals surface area contributed by atoms with Gasteiger partial charge in [-0.15, -0.1) is 0 Å². The summed E-state index contributed by atoms with van der Waals surface area (Å²) in [5.41, 5.74) is 2.94. The fourth-order valence-electron chi connectivity index (χ4n) is 0.740. The van der Waals surface area contributed by atoms with Crippen LogP contribution in [0.4, 0.5) is 4.39 Å². The lowest BCUT2D eigenvalue weighted by Crippen LogP contribution is -1.96. The summed E-state index contributed by atoms with van der Waals surface area (Å²) in [7, 11) is 1.64. The first-order valence-electron chi connectivity index (χ1n) is 3.39. The largest absolute Gasteiger partial charge is 0.313 e. The number of hydrogen-bond acceptors (Lipinski definition) is 2. The molecule has 0 amide bonds. The molecule has 0 atom stereocenters. The van der Waals surface area contributed by atoms with Crippen molar-refractivity contribution in [2.24, 2.45) is 5.10 Å². The molecule has 0 fully saturated rings. The van der Waals surface area contributed by atoms with E-state index in [9.17, 15) is 4.39 Å². The summed E-state index contributed by atoms with van der Waals surface area (Å²) in [6, 6.07) is 4.43. The quantitative estimate of drug-likeness (QED) is 0.555. The van der Waals surface area contributed by atoms with Gasteiger partial charge in [0.1, 0.15) is 5.82 Å². The Balaban J connectivity index is 2.94. The molecule has 12 heavy (non-hydrogen) atoms. The monoisotopic (exact) mass is 186 g/mol. The molecule has 1 N–H and O–H groups in total. The van der Waals surface area contributed by atoms with E-state index in [1.807, 2.05) is 0 Å². The first-order chi connectivity index (χ1) is 5.74. The fraction of sp³-hybridized carbons (Fsp3) is 0.125. The van der Waals surface area contributed by atoms with Gasteiger partial charge in [0.25, 0.3) is 0 Å². The topological polar surface area (TPSA) is 24.4 Å². The lowest BCUT2D eigenvalue weighted by atomic mass is 10.2. The van der Waals surface area contributed by atoms with Crippen molar-refractivity contribution in [1.82, 2.24) is 5.43 Å². The Bertz CT molecular complexity index is 299. The lowest BCUT2D eigenvalue weighted by Gasteiger charge is -1.95. The van der Waals surface area contributed by atoms with Crippen LogP contribution in [0.15, 0.2) is 23.3 Å². The Kier molecular flexibility index (Phi) is 3.05. The number of hydrazone groups is 1. The molecule has 0 radical (unpaired) electrons. The van der Waals surface area contributed by atoms with E-state index in [4.69, 9.17) is 11.6 Å². The average Bonchev–Trinajstić information content (AvgIpc) is 2.03. The van der Waals surface area contributed by atoms with E-state index >= 15 is 0 Å². The maximum atomic E-state index is 13.0. The highest BCUT2D eigenvalue weighted by Gasteiger charge is 1.98. The zero-order valence-electron chi connectivity index (χ0n) is 6.51. The summed E-state index contributed by atoms with van der Waals surface area (Å²) in [5.74, 6) is -0.374. The van der Waals surface area contributed by atoms with Crippen molar-refractivity contribution in [2.45, 2.75) is 0 Å². The first-order valence-corrected chi connectivity index (χ1v) is 3.76. The molecule has 0 saturated carbocycles. The minimum absolute atomic E-state index is 0.374. The van der Waals surface area contributed by atoms with Crippen molar-refractivity contribution < 1.29 is 4.39 Å². The van der Waals surface area contributed by atoms with E-state index in [0.29, 0.717) is 10.6 Å². The molecule has 4 heteroatoms. The molecule has 64 valence electrons. The standard InChI is InChI=1S/C8H8ClFN2/c1-11-12-5-6-2-3-7(9)4-8(6)10/h2-5,11H,1H3. The van der Waals surface area contributed by atoms with Crippen LogP contribution in [0, 0.1) is 5.82 Å². The maximum Gasteiger partial charge on any atom is 0.133 e. The minimum Gasteiger partial charge on any atom is -0.313 e. The first kappa shape index (κ1) is 9.00. The highest BCUT2D eigenvalue weighted by atomic mass is 35.5. The van der Waals surface area contributed by atoms with Crippen LogP contribution in [-0.4, -0.2) is 13.3 Å². The van der Waals surface area contributed by atoms with Crippen LogP contribution < -0.4 is 5.43 Å². The summed E-state index contributed by atoms with van der Waals surface area (Å²) in [6.07, 6.45) is 1.39. The van der Waals surface area contributed by atoms with Gasteiger partial charge in [0.15, 0.2) is 0 Å². The number of halogens is 2. The van der Waals surface area contributed by atoms with Crippen molar-refractivity contribution in [3.05, 3.63) is 34.6 Å². The molecule has 0 aliphatic heterocycles. The number of benzene rings is 1. The van der Waals surface area contributed by atoms with E-state index in [1.54, 1.807) is 19.2 Å². The summed E-state index contributed by atoms with van der Waals surface area (Å²) < 4.78 is 13.0. The molecule has 0 bridgehead atoms. The van der Waals surface area contributed by atoms with Gasteiger partial charge in [-0.05, 0) is 18.2 Å². The smallest absolute Gasteiger partial charge is 0.133 e. The number of nitrogens with one attached hydrogen (secondary N) is 1. The van der Waals surface area contributed by atoms with Crippen molar-refractivity contribution in [2.75, 3.05) is 7.05 Å². The van der Waals surface area contributed by atoms with E-state index < -0.39 is 0 Å². The van der Waals surface area contributed by atoms with Crippen molar-refractivity contribution in [3.8, 4) is 0 Å². The van der Waals surface area contributed by atoms with Crippen LogP contribution in [0.2, 0.25) is 5.02 Å². The Morgan fingerprint density at radius 1 is 1.58 bits per heavy atom. The Morgan fingerprint density at radius 2 is 2.33 bits per heavy atom. The van der Waals surface area contributed by atoms with E-state index in [1.165, 1.54) is 12.3 Å². The fourth-order valence-corrected chi connectivity index (χ4v) is 0.899. The molecule has 0 unspecified atom stereocenters. The Hall–Kier alpha value is -1.09. The molecule has 0 spiro atoms. The van der Waals surface area contributed by atoms with Gasteiger partial charge in [0.05, 0.1) is 6.21 Å². The second-order valence-electron chi connectivity index (χ2n) is 2.15. The van der Waals surface area contributed by atoms with Gasteiger partial charge < -0.3 is 5.43 Å². The van der Waals surface area contributed by atoms with Crippen LogP contribution in [0.25, 0.3) is 0 Å². The zero-order chi connectivity index (χ0) is 8.97. The van der Waals surface area contributed by atoms with Gasteiger partial charge in [-0.3, -0.25) is 0 Å². The van der Waals surface area contributed by atoms with E-state index in [0.717, 1.165) is 0 Å². The van der Waals surface area contributed by atoms with Crippen LogP contribution in [0.1, 0.15) is 5.56 Å². The third-order valence-corrected chi connectivity index (χ3v) is 1.53. The highest BCUT2D eigenvalue weighted by molar-refractivity contribution is 6.30. The summed E-state index contributed by atoms with van der Waals surface area (Å²) in [4.78, 5) is 0. The molecule has 0 aliphatic carbocycles. The van der Waals surface area contributed by atoms with Gasteiger partial charge in [0.2, 0.25) is 0 Å². The second-order valence-corrected chi connectivity index (χ2v) is 2.58. The van der Waals surface area contributed by atoms with Gasteiger partial charge in [-0.25, -0.2) is 4.39 Å². The SMILES string of the molecule is CNN=Cc1ccc(Cl)cc1F. The lowest BCUT2D eigenvalue weighted by molar-refractivity contribution is 0.626. The van der Waals surface area contributed by atoms with Crippen LogP contribution in [0.5, 0.6) is 0 Å². The Morgan fingerprint density at radius 3 is 2.92 bits per heavy atom. The molecule has 0 aromatic heterocycles. The number of nitrogens with zero attached hydrogens (tertiary/aromatic N) is 1. The molecular weight excluding hydrogens is 179 g/mol. The van der Waals surface area contributed by atoms with Crippen LogP contribution >= 0.6 is 11.6 Å². The van der Waals surface area contributed by atoms with Crippen molar-refractivity contribution in [1.29, 1.82) is 0 Å². The molecule has 0 saturated heterocycles. The van der Waals surface area contributed by atoms with Crippen LogP contribution in [-0.2, 0) is 0 Å². The van der Waals surface area contributed by atoms with Gasteiger partial charge >= 0.3 is 0 Å². The number of hydrogen-bond donors (Lipinski definition) is 1. The molecule has 1 aromatic carbocycles. The predicted molar refractivity (Wildman–Crippen MR) is 48.1 cm³/mol. The summed E-state index contributed by atoms with van der Waals surface area (Å²) in [5, 5.41) is 4.06. The van der Waals surface area contributed by atoms with Crippen molar-refractivity contribution in [3.63, 3.8) is 0 Å². The van der Waals surface area contributed by atoms with E-state index in [-0.39, 0.29) is 5.82 Å². The summed E-state index contributed by atoms with van der Waals surface area (Å²) in [6.45, 7) is 0. The van der Waals surface area contributed by atoms with Gasteiger partial charge in [-0.1, -0.05) is 11.6 Å². The third kappa shape index (κ3) is 2.20. The second kappa shape index (κ2) is 4.07. The predicted octanol–water partition coefficient (Wildman–Crippen LogP) is 2.03. The van der Waals surface area contributed by atoms with E-state index in [2.05, 4.69) is 10.5 Å². The number of rotatable bonds is 2.